The van der Waals surface area contributed by atoms with Crippen molar-refractivity contribution in [2.24, 2.45) is 0 Å². The van der Waals surface area contributed by atoms with E-state index in [1.807, 2.05) is 93.6 Å². The van der Waals surface area contributed by atoms with Crippen LogP contribution < -0.4 is 15.4 Å². The molecule has 3 aromatic rings. The molecule has 1 atom stereocenters. The van der Waals surface area contributed by atoms with Crippen molar-refractivity contribution in [2.45, 2.75) is 45.3 Å². The van der Waals surface area contributed by atoms with E-state index in [0.717, 1.165) is 24.2 Å². The smallest absolute Gasteiger partial charge is 0.410 e. The molecule has 3 rings (SSSR count). The van der Waals surface area contributed by atoms with E-state index in [1.165, 1.54) is 10.5 Å². The summed E-state index contributed by atoms with van der Waals surface area (Å²) in [6.07, 6.45) is 0.167. The first-order valence-corrected chi connectivity index (χ1v) is 13.6. The molecule has 0 unspecified atom stereocenters. The zero-order valence-electron chi connectivity index (χ0n) is 22.9. The lowest BCUT2D eigenvalue weighted by molar-refractivity contribution is 0.00945. The van der Waals surface area contributed by atoms with Gasteiger partial charge in [0.25, 0.3) is 0 Å². The Labute approximate surface area is 237 Å². The monoisotopic (exact) mass is 549 g/mol. The Kier molecular flexibility index (Phi) is 11.6. The number of carbonyl (C=O) groups excluding carboxylic acids is 1. The van der Waals surface area contributed by atoms with Gasteiger partial charge in [0.05, 0.1) is 6.54 Å². The third-order valence-electron chi connectivity index (χ3n) is 5.69. The van der Waals surface area contributed by atoms with Crippen molar-refractivity contribution < 1.29 is 19.4 Å². The van der Waals surface area contributed by atoms with Gasteiger partial charge in [-0.1, -0.05) is 60.7 Å². The van der Waals surface area contributed by atoms with Gasteiger partial charge in [-0.15, -0.1) is 0 Å². The van der Waals surface area contributed by atoms with Gasteiger partial charge in [0.1, 0.15) is 24.1 Å². The second-order valence-corrected chi connectivity index (χ2v) is 10.7. The van der Waals surface area contributed by atoms with Crippen LogP contribution in [0.25, 0.3) is 0 Å². The number of carbonyl (C=O) groups is 1. The molecule has 208 valence electrons. The van der Waals surface area contributed by atoms with E-state index in [4.69, 9.17) is 21.7 Å². The minimum Gasteiger partial charge on any atom is -0.491 e. The summed E-state index contributed by atoms with van der Waals surface area (Å²) in [5, 5.41) is 17.6. The summed E-state index contributed by atoms with van der Waals surface area (Å²) in [7, 11) is 0. The Balaban J connectivity index is 1.49. The zero-order chi connectivity index (χ0) is 28.1. The van der Waals surface area contributed by atoms with E-state index in [2.05, 4.69) is 22.8 Å². The quantitative estimate of drug-likeness (QED) is 0.260. The van der Waals surface area contributed by atoms with E-state index in [0.29, 0.717) is 23.8 Å². The molecule has 0 saturated heterocycles. The summed E-state index contributed by atoms with van der Waals surface area (Å²) in [5.74, 6) is 0.667. The predicted octanol–water partition coefficient (Wildman–Crippen LogP) is 5.44. The van der Waals surface area contributed by atoms with Gasteiger partial charge in [-0.3, -0.25) is 0 Å². The van der Waals surface area contributed by atoms with Crippen molar-refractivity contribution in [3.05, 3.63) is 96.1 Å². The van der Waals surface area contributed by atoms with Crippen LogP contribution in [-0.4, -0.2) is 59.2 Å². The Morgan fingerprint density at radius 2 is 1.54 bits per heavy atom. The standard InChI is InChI=1S/C31H39N3O4S/c1-31(2,3)38-30(36)34(22-27(35)23-37-28-12-8-5-9-13-28)21-19-25-14-16-26(17-15-25)33-29(39)32-20-18-24-10-6-4-7-11-24/h4-17,27,35H,18-23H2,1-3H3,(H2,32,33,39)/t27-/m0/s1. The van der Waals surface area contributed by atoms with Gasteiger partial charge in [-0.05, 0) is 81.2 Å². The van der Waals surface area contributed by atoms with E-state index < -0.39 is 17.8 Å². The SMILES string of the molecule is CC(C)(C)OC(=O)N(CCc1ccc(NC(=S)NCCc2ccccc2)cc1)C[C@H](O)COc1ccccc1. The number of hydrogen-bond acceptors (Lipinski definition) is 5. The number of amides is 1. The number of thiocarbonyl (C=S) groups is 1. The highest BCUT2D eigenvalue weighted by molar-refractivity contribution is 7.80. The average Bonchev–Trinajstić information content (AvgIpc) is 2.91. The molecule has 0 aliphatic carbocycles. The summed E-state index contributed by atoms with van der Waals surface area (Å²) in [6, 6.07) is 27.5. The molecule has 0 heterocycles. The van der Waals surface area contributed by atoms with Gasteiger partial charge in [-0.25, -0.2) is 4.79 Å². The largest absolute Gasteiger partial charge is 0.491 e. The lowest BCUT2D eigenvalue weighted by atomic mass is 10.1. The molecule has 0 radical (unpaired) electrons. The Hall–Kier alpha value is -3.62. The number of rotatable bonds is 12. The summed E-state index contributed by atoms with van der Waals surface area (Å²) in [6.45, 7) is 6.79. The minimum absolute atomic E-state index is 0.0724. The van der Waals surface area contributed by atoms with E-state index >= 15 is 0 Å². The molecule has 0 bridgehead atoms. The van der Waals surface area contributed by atoms with Crippen LogP contribution in [0.1, 0.15) is 31.9 Å². The van der Waals surface area contributed by atoms with Gasteiger partial charge >= 0.3 is 6.09 Å². The molecule has 1 amide bonds. The molecular formula is C31H39N3O4S. The van der Waals surface area contributed by atoms with Crippen molar-refractivity contribution in [3.63, 3.8) is 0 Å². The number of aliphatic hydroxyl groups excluding tert-OH is 1. The highest BCUT2D eigenvalue weighted by atomic mass is 32.1. The van der Waals surface area contributed by atoms with E-state index in [1.54, 1.807) is 0 Å². The third-order valence-corrected chi connectivity index (χ3v) is 5.94. The first kappa shape index (κ1) is 29.9. The molecule has 8 heteroatoms. The number of nitrogens with one attached hydrogen (secondary N) is 2. The molecule has 7 nitrogen and oxygen atoms in total. The topological polar surface area (TPSA) is 83.1 Å². The van der Waals surface area contributed by atoms with Crippen molar-refractivity contribution in [1.29, 1.82) is 0 Å². The Bertz CT molecular complexity index is 1150. The summed E-state index contributed by atoms with van der Waals surface area (Å²) in [4.78, 5) is 14.4. The van der Waals surface area contributed by atoms with Crippen LogP contribution in [-0.2, 0) is 17.6 Å². The van der Waals surface area contributed by atoms with Crippen molar-refractivity contribution >= 4 is 29.1 Å². The lowest BCUT2D eigenvalue weighted by Gasteiger charge is -2.29. The number of anilines is 1. The Morgan fingerprint density at radius 3 is 2.18 bits per heavy atom. The number of benzene rings is 3. The number of hydrogen-bond donors (Lipinski definition) is 3. The zero-order valence-corrected chi connectivity index (χ0v) is 23.7. The van der Waals surface area contributed by atoms with Crippen LogP contribution in [0, 0.1) is 0 Å². The predicted molar refractivity (Wildman–Crippen MR) is 160 cm³/mol. The van der Waals surface area contributed by atoms with Crippen LogP contribution >= 0.6 is 12.2 Å². The second-order valence-electron chi connectivity index (χ2n) is 10.3. The van der Waals surface area contributed by atoms with Gasteiger partial charge in [0.2, 0.25) is 0 Å². The molecule has 3 aromatic carbocycles. The van der Waals surface area contributed by atoms with Crippen LogP contribution in [0.4, 0.5) is 10.5 Å². The summed E-state index contributed by atoms with van der Waals surface area (Å²) < 4.78 is 11.2. The van der Waals surface area contributed by atoms with Gasteiger partial charge < -0.3 is 30.1 Å². The number of aliphatic hydroxyl groups is 1. The molecular weight excluding hydrogens is 510 g/mol. The van der Waals surface area contributed by atoms with Crippen LogP contribution in [0.2, 0.25) is 0 Å². The van der Waals surface area contributed by atoms with Gasteiger partial charge in [0, 0.05) is 18.8 Å². The number of nitrogens with zero attached hydrogens (tertiary/aromatic N) is 1. The maximum absolute atomic E-state index is 12.9. The normalized spacial score (nSPS) is 11.8. The van der Waals surface area contributed by atoms with Crippen LogP contribution in [0.15, 0.2) is 84.9 Å². The van der Waals surface area contributed by atoms with E-state index in [-0.39, 0.29) is 13.2 Å². The fourth-order valence-electron chi connectivity index (χ4n) is 3.76. The molecule has 0 aliphatic rings. The van der Waals surface area contributed by atoms with E-state index in [9.17, 15) is 9.90 Å². The average molecular weight is 550 g/mol. The lowest BCUT2D eigenvalue weighted by Crippen LogP contribution is -2.43. The van der Waals surface area contributed by atoms with Crippen molar-refractivity contribution in [2.75, 3.05) is 31.6 Å². The summed E-state index contributed by atoms with van der Waals surface area (Å²) in [5.41, 5.74) is 2.55. The minimum atomic E-state index is -0.861. The summed E-state index contributed by atoms with van der Waals surface area (Å²) >= 11 is 5.42. The molecule has 3 N–H and O–H groups in total. The molecule has 0 saturated carbocycles. The fourth-order valence-corrected chi connectivity index (χ4v) is 3.98. The molecule has 0 fully saturated rings. The van der Waals surface area contributed by atoms with Crippen molar-refractivity contribution in [1.82, 2.24) is 10.2 Å². The maximum atomic E-state index is 12.9. The number of para-hydroxylation sites is 1. The van der Waals surface area contributed by atoms with Crippen molar-refractivity contribution in [3.8, 4) is 5.75 Å². The number of ether oxygens (including phenoxy) is 2. The molecule has 0 spiro atoms. The first-order chi connectivity index (χ1) is 18.7. The van der Waals surface area contributed by atoms with Gasteiger partial charge in [-0.2, -0.15) is 0 Å². The second kappa shape index (κ2) is 15.1. The first-order valence-electron chi connectivity index (χ1n) is 13.2. The third kappa shape index (κ3) is 11.8. The Morgan fingerprint density at radius 1 is 0.923 bits per heavy atom. The highest BCUT2D eigenvalue weighted by Gasteiger charge is 2.24. The molecule has 39 heavy (non-hydrogen) atoms. The van der Waals surface area contributed by atoms with Crippen LogP contribution in [0.5, 0.6) is 5.75 Å². The van der Waals surface area contributed by atoms with Crippen LogP contribution in [0.3, 0.4) is 0 Å². The fraction of sp³-hybridized carbons (Fsp3) is 0.355. The molecule has 0 aromatic heterocycles. The maximum Gasteiger partial charge on any atom is 0.410 e. The van der Waals surface area contributed by atoms with Gasteiger partial charge in [0.15, 0.2) is 5.11 Å². The molecule has 0 aliphatic heterocycles. The highest BCUT2D eigenvalue weighted by Crippen LogP contribution is 2.14.